The standard InChI is InChI=1S/C26H22ClN3O5/c1-33-23-13-20-21(14-24(23)34-2)28-12-11-22(20)35-19-9-7-18(8-10-19)30-26(32)15-25(31)29-17-5-3-16(27)4-6-17/h3-14H,15H2,1-2H3,(H,29,31)(H,30,32). The number of nitrogens with one attached hydrogen (secondary N) is 2. The zero-order valence-electron chi connectivity index (χ0n) is 19.0. The van der Waals surface area contributed by atoms with Crippen LogP contribution in [0, 0.1) is 0 Å². The number of carbonyl (C=O) groups is 2. The highest BCUT2D eigenvalue weighted by Gasteiger charge is 2.13. The summed E-state index contributed by atoms with van der Waals surface area (Å²) < 4.78 is 16.8. The molecule has 0 fully saturated rings. The van der Waals surface area contributed by atoms with E-state index in [-0.39, 0.29) is 6.42 Å². The third-order valence-corrected chi connectivity index (χ3v) is 5.27. The molecule has 178 valence electrons. The van der Waals surface area contributed by atoms with Crippen molar-refractivity contribution in [3.63, 3.8) is 0 Å². The number of anilines is 2. The number of nitrogens with zero attached hydrogens (tertiary/aromatic N) is 1. The first-order chi connectivity index (χ1) is 16.9. The van der Waals surface area contributed by atoms with Crippen LogP contribution in [0.1, 0.15) is 6.42 Å². The van der Waals surface area contributed by atoms with Crippen LogP contribution in [0.3, 0.4) is 0 Å². The molecule has 3 aromatic carbocycles. The summed E-state index contributed by atoms with van der Waals surface area (Å²) in [5.41, 5.74) is 1.79. The summed E-state index contributed by atoms with van der Waals surface area (Å²) in [4.78, 5) is 28.7. The number of ether oxygens (including phenoxy) is 3. The average Bonchev–Trinajstić information content (AvgIpc) is 2.85. The van der Waals surface area contributed by atoms with E-state index in [9.17, 15) is 9.59 Å². The lowest BCUT2D eigenvalue weighted by Gasteiger charge is -2.12. The van der Waals surface area contributed by atoms with Gasteiger partial charge in [-0.05, 0) is 60.7 Å². The quantitative estimate of drug-likeness (QED) is 0.308. The van der Waals surface area contributed by atoms with Crippen molar-refractivity contribution in [3.05, 3.63) is 77.9 Å². The third-order valence-electron chi connectivity index (χ3n) is 5.02. The Morgan fingerprint density at radius 2 is 1.37 bits per heavy atom. The van der Waals surface area contributed by atoms with Gasteiger partial charge in [0.25, 0.3) is 0 Å². The van der Waals surface area contributed by atoms with Gasteiger partial charge < -0.3 is 24.8 Å². The number of pyridine rings is 1. The second-order valence-corrected chi connectivity index (χ2v) is 7.88. The Labute approximate surface area is 206 Å². The Kier molecular flexibility index (Phi) is 7.32. The molecule has 2 amide bonds. The van der Waals surface area contributed by atoms with Gasteiger partial charge in [0.15, 0.2) is 11.5 Å². The molecular formula is C26H22ClN3O5. The number of hydrogen-bond acceptors (Lipinski definition) is 6. The zero-order valence-corrected chi connectivity index (χ0v) is 19.8. The molecular weight excluding hydrogens is 470 g/mol. The van der Waals surface area contributed by atoms with E-state index in [1.165, 1.54) is 0 Å². The minimum absolute atomic E-state index is 0.324. The second kappa shape index (κ2) is 10.8. The number of halogens is 1. The number of aromatic nitrogens is 1. The molecule has 1 heterocycles. The highest BCUT2D eigenvalue weighted by Crippen LogP contribution is 2.37. The van der Waals surface area contributed by atoms with Crippen molar-refractivity contribution in [2.45, 2.75) is 6.42 Å². The minimum Gasteiger partial charge on any atom is -0.493 e. The first-order valence-electron chi connectivity index (χ1n) is 10.6. The van der Waals surface area contributed by atoms with Crippen molar-refractivity contribution >= 4 is 45.7 Å². The van der Waals surface area contributed by atoms with Gasteiger partial charge in [0, 0.05) is 34.0 Å². The highest BCUT2D eigenvalue weighted by molar-refractivity contribution is 6.30. The molecule has 0 unspecified atom stereocenters. The van der Waals surface area contributed by atoms with Crippen LogP contribution in [-0.4, -0.2) is 31.0 Å². The molecule has 0 saturated heterocycles. The Bertz CT molecular complexity index is 1360. The van der Waals surface area contributed by atoms with Gasteiger partial charge in [-0.2, -0.15) is 0 Å². The van der Waals surface area contributed by atoms with E-state index < -0.39 is 11.8 Å². The predicted molar refractivity (Wildman–Crippen MR) is 135 cm³/mol. The van der Waals surface area contributed by atoms with Crippen LogP contribution in [-0.2, 0) is 9.59 Å². The van der Waals surface area contributed by atoms with Gasteiger partial charge in [0.2, 0.25) is 11.8 Å². The van der Waals surface area contributed by atoms with Crippen molar-refractivity contribution in [1.82, 2.24) is 4.98 Å². The normalized spacial score (nSPS) is 10.5. The smallest absolute Gasteiger partial charge is 0.233 e. The number of methoxy groups -OCH3 is 2. The molecule has 9 heteroatoms. The molecule has 0 bridgehead atoms. The summed E-state index contributed by atoms with van der Waals surface area (Å²) in [6.45, 7) is 0. The van der Waals surface area contributed by atoms with E-state index >= 15 is 0 Å². The fraction of sp³-hybridized carbons (Fsp3) is 0.115. The summed E-state index contributed by atoms with van der Waals surface area (Å²) in [6, 6.07) is 18.8. The fourth-order valence-electron chi connectivity index (χ4n) is 3.36. The summed E-state index contributed by atoms with van der Waals surface area (Å²) >= 11 is 5.83. The first kappa shape index (κ1) is 23.8. The molecule has 0 aliphatic carbocycles. The van der Waals surface area contributed by atoms with Crippen LogP contribution in [0.5, 0.6) is 23.0 Å². The number of rotatable bonds is 8. The number of hydrogen-bond donors (Lipinski definition) is 2. The molecule has 0 radical (unpaired) electrons. The molecule has 35 heavy (non-hydrogen) atoms. The molecule has 0 saturated carbocycles. The maximum absolute atomic E-state index is 12.2. The van der Waals surface area contributed by atoms with E-state index in [1.807, 2.05) is 0 Å². The van der Waals surface area contributed by atoms with Crippen molar-refractivity contribution in [1.29, 1.82) is 0 Å². The molecule has 4 rings (SSSR count). The Balaban J connectivity index is 1.39. The van der Waals surface area contributed by atoms with Gasteiger partial charge in [-0.15, -0.1) is 0 Å². The Hall–Kier alpha value is -4.30. The van der Waals surface area contributed by atoms with Gasteiger partial charge in [-0.1, -0.05) is 11.6 Å². The summed E-state index contributed by atoms with van der Waals surface area (Å²) in [7, 11) is 3.13. The van der Waals surface area contributed by atoms with Crippen LogP contribution < -0.4 is 24.8 Å². The van der Waals surface area contributed by atoms with Gasteiger partial charge in [-0.25, -0.2) is 0 Å². The molecule has 0 spiro atoms. The van der Waals surface area contributed by atoms with Crippen LogP contribution in [0.4, 0.5) is 11.4 Å². The summed E-state index contributed by atoms with van der Waals surface area (Å²) in [6.07, 6.45) is 1.32. The summed E-state index contributed by atoms with van der Waals surface area (Å²) in [5, 5.41) is 6.67. The molecule has 0 atom stereocenters. The maximum Gasteiger partial charge on any atom is 0.233 e. The lowest BCUT2D eigenvalue weighted by Crippen LogP contribution is -2.21. The lowest BCUT2D eigenvalue weighted by molar-refractivity contribution is -0.123. The first-order valence-corrected chi connectivity index (χ1v) is 11.0. The molecule has 4 aromatic rings. The molecule has 8 nitrogen and oxygen atoms in total. The van der Waals surface area contributed by atoms with Crippen molar-refractivity contribution in [2.24, 2.45) is 0 Å². The number of benzene rings is 3. The van der Waals surface area contributed by atoms with Crippen LogP contribution in [0.25, 0.3) is 10.9 Å². The van der Waals surface area contributed by atoms with Gasteiger partial charge in [0.05, 0.1) is 19.7 Å². The van der Waals surface area contributed by atoms with Gasteiger partial charge in [-0.3, -0.25) is 14.6 Å². The monoisotopic (exact) mass is 491 g/mol. The Morgan fingerprint density at radius 1 is 0.800 bits per heavy atom. The van der Waals surface area contributed by atoms with E-state index in [1.54, 1.807) is 87.1 Å². The number of fused-ring (bicyclic) bond motifs is 1. The van der Waals surface area contributed by atoms with Crippen molar-refractivity contribution in [2.75, 3.05) is 24.9 Å². The molecule has 2 N–H and O–H groups in total. The highest BCUT2D eigenvalue weighted by atomic mass is 35.5. The van der Waals surface area contributed by atoms with Crippen LogP contribution in [0.15, 0.2) is 72.9 Å². The summed E-state index contributed by atoms with van der Waals surface area (Å²) in [5.74, 6) is 1.42. The molecule has 0 aliphatic rings. The lowest BCUT2D eigenvalue weighted by atomic mass is 10.2. The zero-order chi connectivity index (χ0) is 24.8. The van der Waals surface area contributed by atoms with E-state index in [4.69, 9.17) is 25.8 Å². The van der Waals surface area contributed by atoms with Gasteiger partial charge >= 0.3 is 0 Å². The number of carbonyl (C=O) groups excluding carboxylic acids is 2. The van der Waals surface area contributed by atoms with E-state index in [2.05, 4.69) is 15.6 Å². The van der Waals surface area contributed by atoms with Crippen LogP contribution >= 0.6 is 11.6 Å². The Morgan fingerprint density at radius 3 is 1.97 bits per heavy atom. The molecule has 0 aliphatic heterocycles. The number of amides is 2. The predicted octanol–water partition coefficient (Wildman–Crippen LogP) is 5.67. The maximum atomic E-state index is 12.2. The van der Waals surface area contributed by atoms with E-state index in [0.717, 1.165) is 5.39 Å². The average molecular weight is 492 g/mol. The third kappa shape index (κ3) is 5.99. The van der Waals surface area contributed by atoms with Crippen molar-refractivity contribution in [3.8, 4) is 23.0 Å². The molecule has 1 aromatic heterocycles. The van der Waals surface area contributed by atoms with Gasteiger partial charge in [0.1, 0.15) is 17.9 Å². The minimum atomic E-state index is -0.439. The fourth-order valence-corrected chi connectivity index (χ4v) is 3.49. The topological polar surface area (TPSA) is 98.8 Å². The second-order valence-electron chi connectivity index (χ2n) is 7.44. The van der Waals surface area contributed by atoms with E-state index in [0.29, 0.717) is 44.9 Å². The largest absolute Gasteiger partial charge is 0.493 e. The van der Waals surface area contributed by atoms with Crippen molar-refractivity contribution < 1.29 is 23.8 Å². The van der Waals surface area contributed by atoms with Crippen LogP contribution in [0.2, 0.25) is 5.02 Å². The SMILES string of the molecule is COc1cc2nccc(Oc3ccc(NC(=O)CC(=O)Nc4ccc(Cl)cc4)cc3)c2cc1OC.